The summed E-state index contributed by atoms with van der Waals surface area (Å²) in [4.78, 5) is 51.0. The lowest BCUT2D eigenvalue weighted by molar-refractivity contribution is -0.145. The molecule has 5 N–H and O–H groups in total. The minimum absolute atomic E-state index is 0.103. The van der Waals surface area contributed by atoms with Crippen LogP contribution in [0.2, 0.25) is 0 Å². The van der Waals surface area contributed by atoms with E-state index in [1.165, 1.54) is 4.90 Å². The van der Waals surface area contributed by atoms with Crippen LogP contribution in [-0.4, -0.2) is 57.6 Å². The van der Waals surface area contributed by atoms with Crippen molar-refractivity contribution in [2.75, 3.05) is 6.54 Å². The van der Waals surface area contributed by atoms with Crippen molar-refractivity contribution >= 4 is 23.6 Å². The summed E-state index contributed by atoms with van der Waals surface area (Å²) >= 11 is 0. The van der Waals surface area contributed by atoms with Crippen LogP contribution in [-0.2, 0) is 19.2 Å². The molecule has 10 nitrogen and oxygen atoms in total. The van der Waals surface area contributed by atoms with Crippen molar-refractivity contribution in [3.63, 3.8) is 0 Å². The lowest BCUT2D eigenvalue weighted by Crippen LogP contribution is -2.54. The summed E-state index contributed by atoms with van der Waals surface area (Å²) in [6, 6.07) is -1.61. The summed E-state index contributed by atoms with van der Waals surface area (Å²) in [6.45, 7) is 6.24. The Morgan fingerprint density at radius 3 is 2.37 bits per heavy atom. The van der Waals surface area contributed by atoms with Crippen molar-refractivity contribution in [3.8, 4) is 0 Å². The molecule has 1 aliphatic rings. The van der Waals surface area contributed by atoms with E-state index in [-0.39, 0.29) is 18.2 Å². The molecule has 0 saturated carbocycles. The Morgan fingerprint density at radius 1 is 1.10 bits per heavy atom. The second kappa shape index (κ2) is 13.2. The Balaban J connectivity index is 2.94. The van der Waals surface area contributed by atoms with E-state index in [0.717, 1.165) is 19.3 Å². The summed E-state index contributed by atoms with van der Waals surface area (Å²) in [6.07, 6.45) is 4.36. The molecule has 1 heterocycles. The molecule has 10 heteroatoms. The third-order valence-electron chi connectivity index (χ3n) is 5.35. The number of rotatable bonds is 12. The summed E-state index contributed by atoms with van der Waals surface area (Å²) in [5.41, 5.74) is 3.16. The Kier molecular flexibility index (Phi) is 11.3. The highest BCUT2D eigenvalue weighted by Crippen LogP contribution is 2.21. The van der Waals surface area contributed by atoms with Crippen LogP contribution < -0.4 is 16.3 Å². The molecule has 4 amide bonds. The van der Waals surface area contributed by atoms with Crippen molar-refractivity contribution in [1.82, 2.24) is 21.2 Å². The molecule has 0 spiro atoms. The van der Waals surface area contributed by atoms with Gasteiger partial charge < -0.3 is 10.2 Å². The summed E-state index contributed by atoms with van der Waals surface area (Å²) in [7, 11) is 0. The first-order chi connectivity index (χ1) is 14.2. The van der Waals surface area contributed by atoms with Crippen molar-refractivity contribution in [2.45, 2.75) is 84.2 Å². The third kappa shape index (κ3) is 7.91. The van der Waals surface area contributed by atoms with E-state index in [2.05, 4.69) is 5.32 Å². The van der Waals surface area contributed by atoms with Gasteiger partial charge in [-0.15, -0.1) is 0 Å². The third-order valence-corrected chi connectivity index (χ3v) is 5.35. The van der Waals surface area contributed by atoms with Gasteiger partial charge in [-0.2, -0.15) is 0 Å². The first-order valence-corrected chi connectivity index (χ1v) is 10.7. The van der Waals surface area contributed by atoms with E-state index in [9.17, 15) is 19.2 Å². The number of likely N-dealkylation sites (tertiary alicyclic amines) is 1. The molecule has 0 radical (unpaired) electrons. The molecule has 0 aromatic rings. The van der Waals surface area contributed by atoms with Crippen molar-refractivity contribution in [3.05, 3.63) is 0 Å². The molecule has 3 atom stereocenters. The quantitative estimate of drug-likeness (QED) is 0.179. The van der Waals surface area contributed by atoms with E-state index < -0.39 is 35.7 Å². The molecule has 30 heavy (non-hydrogen) atoms. The first-order valence-electron chi connectivity index (χ1n) is 10.7. The molecule has 0 aromatic carbocycles. The molecule has 1 fully saturated rings. The normalized spacial score (nSPS) is 18.1. The number of carbonyl (C=O) groups excluding carboxylic acids is 4. The van der Waals surface area contributed by atoms with Gasteiger partial charge in [-0.3, -0.25) is 29.6 Å². The SMILES string of the molecule is CCCCC[C@@H](CC(=O)NO)C(=O)N[C@@H](CC(C)C)C(=O)N1CCC[C@H]1C(=O)NO. The second-order valence-electron chi connectivity index (χ2n) is 8.29. The highest BCUT2D eigenvalue weighted by Gasteiger charge is 2.38. The van der Waals surface area contributed by atoms with E-state index in [4.69, 9.17) is 10.4 Å². The minimum atomic E-state index is -0.838. The predicted molar refractivity (Wildman–Crippen MR) is 108 cm³/mol. The van der Waals surface area contributed by atoms with Gasteiger partial charge in [-0.25, -0.2) is 11.0 Å². The van der Waals surface area contributed by atoms with Crippen LogP contribution in [0.3, 0.4) is 0 Å². The van der Waals surface area contributed by atoms with E-state index in [1.807, 2.05) is 20.8 Å². The van der Waals surface area contributed by atoms with Gasteiger partial charge in [0, 0.05) is 18.9 Å². The molecular weight excluding hydrogens is 392 g/mol. The second-order valence-corrected chi connectivity index (χ2v) is 8.29. The van der Waals surface area contributed by atoms with Gasteiger partial charge in [0.25, 0.3) is 5.91 Å². The maximum atomic E-state index is 13.1. The minimum Gasteiger partial charge on any atom is -0.344 e. The molecule has 0 bridgehead atoms. The molecule has 0 unspecified atom stereocenters. The van der Waals surface area contributed by atoms with Gasteiger partial charge in [-0.1, -0.05) is 40.0 Å². The highest BCUT2D eigenvalue weighted by atomic mass is 16.5. The van der Waals surface area contributed by atoms with Gasteiger partial charge in [0.05, 0.1) is 0 Å². The number of nitrogens with one attached hydrogen (secondary N) is 3. The number of carbonyl (C=O) groups is 4. The van der Waals surface area contributed by atoms with Crippen LogP contribution in [0.5, 0.6) is 0 Å². The number of hydrogen-bond acceptors (Lipinski definition) is 6. The highest BCUT2D eigenvalue weighted by molar-refractivity contribution is 5.93. The van der Waals surface area contributed by atoms with Crippen LogP contribution in [0.15, 0.2) is 0 Å². The van der Waals surface area contributed by atoms with Crippen molar-refractivity contribution in [1.29, 1.82) is 0 Å². The maximum absolute atomic E-state index is 13.1. The van der Waals surface area contributed by atoms with Crippen LogP contribution >= 0.6 is 0 Å². The molecule has 1 rings (SSSR count). The fourth-order valence-corrected chi connectivity index (χ4v) is 3.80. The molecule has 0 aliphatic carbocycles. The van der Waals surface area contributed by atoms with Gasteiger partial charge in [0.15, 0.2) is 0 Å². The Bertz CT molecular complexity index is 598. The number of nitrogens with zero attached hydrogens (tertiary/aromatic N) is 1. The van der Waals surface area contributed by atoms with Crippen LogP contribution in [0.25, 0.3) is 0 Å². The van der Waals surface area contributed by atoms with Gasteiger partial charge in [0.1, 0.15) is 12.1 Å². The van der Waals surface area contributed by atoms with Gasteiger partial charge >= 0.3 is 0 Å². The van der Waals surface area contributed by atoms with Gasteiger partial charge in [0.2, 0.25) is 17.7 Å². The molecule has 172 valence electrons. The summed E-state index contributed by atoms with van der Waals surface area (Å²) in [5, 5.41) is 20.5. The fourth-order valence-electron chi connectivity index (χ4n) is 3.80. The monoisotopic (exact) mass is 428 g/mol. The van der Waals surface area contributed by atoms with Crippen LogP contribution in [0, 0.1) is 11.8 Å². The molecule has 0 aromatic heterocycles. The van der Waals surface area contributed by atoms with Gasteiger partial charge in [-0.05, 0) is 31.6 Å². The van der Waals surface area contributed by atoms with Crippen molar-refractivity contribution < 1.29 is 29.6 Å². The first kappa shape index (κ1) is 25.8. The van der Waals surface area contributed by atoms with E-state index in [1.54, 1.807) is 11.0 Å². The Labute approximate surface area is 177 Å². The average molecular weight is 429 g/mol. The number of amides is 4. The molecule has 1 aliphatic heterocycles. The average Bonchev–Trinajstić information content (AvgIpc) is 3.20. The number of unbranched alkanes of at least 4 members (excludes halogenated alkanes) is 2. The summed E-state index contributed by atoms with van der Waals surface area (Å²) < 4.78 is 0. The lowest BCUT2D eigenvalue weighted by Gasteiger charge is -2.30. The van der Waals surface area contributed by atoms with Crippen LogP contribution in [0.4, 0.5) is 0 Å². The van der Waals surface area contributed by atoms with Crippen LogP contribution in [0.1, 0.15) is 72.1 Å². The zero-order chi connectivity index (χ0) is 22.7. The number of hydroxylamine groups is 2. The van der Waals surface area contributed by atoms with E-state index in [0.29, 0.717) is 32.2 Å². The Hall–Kier alpha value is -2.20. The smallest absolute Gasteiger partial charge is 0.266 e. The molecule has 1 saturated heterocycles. The largest absolute Gasteiger partial charge is 0.344 e. The number of hydrogen-bond donors (Lipinski definition) is 5. The van der Waals surface area contributed by atoms with E-state index >= 15 is 0 Å². The zero-order valence-corrected chi connectivity index (χ0v) is 18.1. The maximum Gasteiger partial charge on any atom is 0.266 e. The predicted octanol–water partition coefficient (Wildman–Crippen LogP) is 1.11. The lowest BCUT2D eigenvalue weighted by atomic mass is 9.95. The fraction of sp³-hybridized carbons (Fsp3) is 0.800. The zero-order valence-electron chi connectivity index (χ0n) is 18.1. The summed E-state index contributed by atoms with van der Waals surface area (Å²) in [5.74, 6) is -2.66. The molecular formula is C20H36N4O6. The van der Waals surface area contributed by atoms with Crippen molar-refractivity contribution in [2.24, 2.45) is 11.8 Å². The standard InChI is InChI=1S/C20H36N4O6/c1-4-5-6-8-14(12-17(25)22-29)18(26)21-15(11-13(2)3)20(28)24-10-7-9-16(24)19(27)23-30/h13-16,29-30H,4-12H2,1-3H3,(H,21,26)(H,22,25)(H,23,27)/t14-,15-,16-/m0/s1. The topological polar surface area (TPSA) is 148 Å². The Morgan fingerprint density at radius 2 is 1.80 bits per heavy atom.